The van der Waals surface area contributed by atoms with E-state index in [-0.39, 0.29) is 17.1 Å². The van der Waals surface area contributed by atoms with E-state index in [4.69, 9.17) is 10.00 Å². The van der Waals surface area contributed by atoms with Crippen molar-refractivity contribution >= 4 is 5.78 Å². The van der Waals surface area contributed by atoms with Crippen LogP contribution in [0.3, 0.4) is 0 Å². The molecule has 15 heavy (non-hydrogen) atoms. The second kappa shape index (κ2) is 4.97. The fourth-order valence-electron chi connectivity index (χ4n) is 2.17. The highest BCUT2D eigenvalue weighted by Crippen LogP contribution is 2.41. The van der Waals surface area contributed by atoms with Crippen LogP contribution in [0.4, 0.5) is 0 Å². The van der Waals surface area contributed by atoms with Gasteiger partial charge < -0.3 is 4.74 Å². The summed E-state index contributed by atoms with van der Waals surface area (Å²) in [5.74, 6) is 0.0384. The molecule has 0 heterocycles. The molecule has 1 rings (SSSR count). The van der Waals surface area contributed by atoms with Gasteiger partial charge in [-0.3, -0.25) is 4.79 Å². The molecule has 0 aromatic carbocycles. The first-order chi connectivity index (χ1) is 7.12. The van der Waals surface area contributed by atoms with Gasteiger partial charge in [0.15, 0.2) is 0 Å². The molecule has 0 unspecified atom stereocenters. The lowest BCUT2D eigenvalue weighted by Gasteiger charge is -2.35. The van der Waals surface area contributed by atoms with Gasteiger partial charge in [-0.05, 0) is 24.3 Å². The number of rotatable bonds is 3. The Morgan fingerprint density at radius 1 is 1.67 bits per heavy atom. The Balaban J connectivity index is 2.77. The van der Waals surface area contributed by atoms with E-state index >= 15 is 0 Å². The zero-order chi connectivity index (χ0) is 11.3. The van der Waals surface area contributed by atoms with Crippen molar-refractivity contribution in [3.8, 4) is 6.07 Å². The number of hydrogen-bond acceptors (Lipinski definition) is 3. The normalized spacial score (nSPS) is 28.7. The topological polar surface area (TPSA) is 50.1 Å². The van der Waals surface area contributed by atoms with Crippen LogP contribution in [-0.2, 0) is 9.53 Å². The van der Waals surface area contributed by atoms with Crippen molar-refractivity contribution in [1.82, 2.24) is 0 Å². The zero-order valence-corrected chi connectivity index (χ0v) is 9.32. The largest absolute Gasteiger partial charge is 0.505 e. The maximum atomic E-state index is 11.4. The molecule has 0 radical (unpaired) electrons. The Morgan fingerprint density at radius 3 is 2.93 bits per heavy atom. The summed E-state index contributed by atoms with van der Waals surface area (Å²) in [7, 11) is 1.55. The van der Waals surface area contributed by atoms with Crippen molar-refractivity contribution in [2.75, 3.05) is 7.11 Å². The average Bonchev–Trinajstić information content (AvgIpc) is 2.18. The van der Waals surface area contributed by atoms with E-state index in [1.54, 1.807) is 13.2 Å². The highest BCUT2D eigenvalue weighted by Gasteiger charge is 2.37. The van der Waals surface area contributed by atoms with Gasteiger partial charge in [-0.1, -0.05) is 6.92 Å². The van der Waals surface area contributed by atoms with Gasteiger partial charge in [0.05, 0.1) is 25.4 Å². The number of carbonyl (C=O) groups excluding carboxylic acids is 1. The molecule has 0 amide bonds. The van der Waals surface area contributed by atoms with Crippen molar-refractivity contribution in [3.63, 3.8) is 0 Å². The first-order valence-corrected chi connectivity index (χ1v) is 5.23. The minimum absolute atomic E-state index is 0.209. The van der Waals surface area contributed by atoms with Gasteiger partial charge in [-0.15, -0.1) is 0 Å². The van der Waals surface area contributed by atoms with E-state index in [9.17, 15) is 4.79 Å². The number of carbonyl (C=O) groups is 1. The molecule has 82 valence electrons. The highest BCUT2D eigenvalue weighted by molar-refractivity contribution is 5.80. The van der Waals surface area contributed by atoms with E-state index in [2.05, 4.69) is 6.07 Å². The zero-order valence-electron chi connectivity index (χ0n) is 9.32. The number of ether oxygens (including phenoxy) is 1. The average molecular weight is 207 g/mol. The third-order valence-corrected chi connectivity index (χ3v) is 3.10. The molecule has 0 saturated heterocycles. The van der Waals surface area contributed by atoms with Crippen LogP contribution in [0.15, 0.2) is 12.3 Å². The van der Waals surface area contributed by atoms with Crippen molar-refractivity contribution in [3.05, 3.63) is 12.3 Å². The molecule has 0 aliphatic heterocycles. The maximum absolute atomic E-state index is 11.4. The summed E-state index contributed by atoms with van der Waals surface area (Å²) < 4.78 is 4.82. The van der Waals surface area contributed by atoms with Crippen LogP contribution in [0, 0.1) is 22.7 Å². The van der Waals surface area contributed by atoms with E-state index in [0.717, 1.165) is 12.8 Å². The van der Waals surface area contributed by atoms with E-state index in [0.29, 0.717) is 12.8 Å². The van der Waals surface area contributed by atoms with Crippen LogP contribution in [0.1, 0.15) is 32.6 Å². The monoisotopic (exact) mass is 207 g/mol. The summed E-state index contributed by atoms with van der Waals surface area (Å²) in [5.41, 5.74) is -0.209. The molecule has 0 spiro atoms. The lowest BCUT2D eigenvalue weighted by atomic mass is 9.67. The molecule has 0 N–H and O–H groups in total. The van der Waals surface area contributed by atoms with Crippen LogP contribution < -0.4 is 0 Å². The second-order valence-electron chi connectivity index (χ2n) is 4.39. The molecule has 3 heteroatoms. The summed E-state index contributed by atoms with van der Waals surface area (Å²) >= 11 is 0. The number of Topliss-reactive ketones (excluding diaryl/α,β-unsaturated/α-hetero) is 1. The second-order valence-corrected chi connectivity index (χ2v) is 4.39. The van der Waals surface area contributed by atoms with Gasteiger partial charge in [0.1, 0.15) is 5.78 Å². The molecule has 2 atom stereocenters. The van der Waals surface area contributed by atoms with Crippen molar-refractivity contribution < 1.29 is 9.53 Å². The first-order valence-electron chi connectivity index (χ1n) is 5.23. The summed E-state index contributed by atoms with van der Waals surface area (Å²) in [6.07, 6.45) is 6.29. The number of hydrogen-bond donors (Lipinski definition) is 0. The molecule has 0 aromatic heterocycles. The van der Waals surface area contributed by atoms with Crippen LogP contribution >= 0.6 is 0 Å². The fraction of sp³-hybridized carbons (Fsp3) is 0.667. The van der Waals surface area contributed by atoms with Crippen LogP contribution in [0.25, 0.3) is 0 Å². The Bertz CT molecular complexity index is 303. The lowest BCUT2D eigenvalue weighted by Crippen LogP contribution is -2.32. The van der Waals surface area contributed by atoms with Crippen LogP contribution in [0.2, 0.25) is 0 Å². The van der Waals surface area contributed by atoms with E-state index in [1.165, 1.54) is 6.26 Å². The molecular formula is C12H17NO2. The van der Waals surface area contributed by atoms with Gasteiger partial charge >= 0.3 is 0 Å². The van der Waals surface area contributed by atoms with Gasteiger partial charge in [-0.2, -0.15) is 5.26 Å². The third kappa shape index (κ3) is 2.82. The van der Waals surface area contributed by atoms with E-state index in [1.807, 2.05) is 6.92 Å². The number of nitrogens with zero attached hydrogens (tertiary/aromatic N) is 1. The number of allylic oxidation sites excluding steroid dienone is 1. The Kier molecular flexibility index (Phi) is 3.90. The third-order valence-electron chi connectivity index (χ3n) is 3.10. The molecular weight excluding hydrogens is 190 g/mol. The molecule has 1 saturated carbocycles. The maximum Gasteiger partial charge on any atom is 0.133 e. The first kappa shape index (κ1) is 11.8. The van der Waals surface area contributed by atoms with Crippen molar-refractivity contribution in [2.45, 2.75) is 32.6 Å². The predicted octanol–water partition coefficient (Wildman–Crippen LogP) is 2.44. The summed E-state index contributed by atoms with van der Waals surface area (Å²) in [6, 6.07) is 2.25. The molecule has 3 nitrogen and oxygen atoms in total. The molecule has 0 bridgehead atoms. The lowest BCUT2D eigenvalue weighted by molar-refractivity contribution is -0.123. The highest BCUT2D eigenvalue weighted by atomic mass is 16.5. The Labute approximate surface area is 90.7 Å². The minimum atomic E-state index is -0.235. The van der Waals surface area contributed by atoms with Gasteiger partial charge in [-0.25, -0.2) is 0 Å². The smallest absolute Gasteiger partial charge is 0.133 e. The van der Waals surface area contributed by atoms with Gasteiger partial charge in [0.25, 0.3) is 0 Å². The SMILES string of the molecule is CO/C=C/[C@H](C#N)[C@@]1(C)CCCC(=O)C1. The molecule has 1 fully saturated rings. The standard InChI is InChI=1S/C12H17NO2/c1-12(6-3-4-11(14)8-12)10(9-13)5-7-15-2/h5,7,10H,3-4,6,8H2,1-2H3/b7-5+/t10-,12+/m1/s1. The van der Waals surface area contributed by atoms with Gasteiger partial charge in [0.2, 0.25) is 0 Å². The summed E-state index contributed by atoms with van der Waals surface area (Å²) in [4.78, 5) is 11.4. The number of ketones is 1. The van der Waals surface area contributed by atoms with E-state index < -0.39 is 0 Å². The van der Waals surface area contributed by atoms with Crippen molar-refractivity contribution in [1.29, 1.82) is 5.26 Å². The Hall–Kier alpha value is -1.30. The summed E-state index contributed by atoms with van der Waals surface area (Å²) in [5, 5.41) is 9.09. The molecule has 0 aromatic rings. The van der Waals surface area contributed by atoms with Crippen LogP contribution in [0.5, 0.6) is 0 Å². The molecule has 1 aliphatic carbocycles. The van der Waals surface area contributed by atoms with Crippen LogP contribution in [-0.4, -0.2) is 12.9 Å². The minimum Gasteiger partial charge on any atom is -0.505 e. The fourth-order valence-corrected chi connectivity index (χ4v) is 2.17. The van der Waals surface area contributed by atoms with Crippen molar-refractivity contribution in [2.24, 2.45) is 11.3 Å². The number of methoxy groups -OCH3 is 1. The Morgan fingerprint density at radius 2 is 2.40 bits per heavy atom. The van der Waals surface area contributed by atoms with Gasteiger partial charge in [0, 0.05) is 12.8 Å². The molecule has 1 aliphatic rings. The predicted molar refractivity (Wildman–Crippen MR) is 56.8 cm³/mol. The quantitative estimate of drug-likeness (QED) is 0.668. The number of nitriles is 1. The summed E-state index contributed by atoms with van der Waals surface area (Å²) in [6.45, 7) is 2.01.